The summed E-state index contributed by atoms with van der Waals surface area (Å²) in [5.74, 6) is -1.48. The van der Waals surface area contributed by atoms with Gasteiger partial charge in [0.15, 0.2) is 11.2 Å². The Hall–Kier alpha value is -4.18. The van der Waals surface area contributed by atoms with Crippen LogP contribution in [-0.2, 0) is 0 Å². The fourth-order valence-electron chi connectivity index (χ4n) is 3.23. The van der Waals surface area contributed by atoms with Gasteiger partial charge in [-0.1, -0.05) is 12.1 Å². The molecule has 0 aliphatic rings. The Morgan fingerprint density at radius 3 is 2.77 bits per heavy atom. The van der Waals surface area contributed by atoms with Crippen LogP contribution in [0.4, 0.5) is 10.1 Å². The van der Waals surface area contributed by atoms with E-state index in [0.717, 1.165) is 6.07 Å². The molecular formula is C23H15FN2O4. The fourth-order valence-corrected chi connectivity index (χ4v) is 3.23. The van der Waals surface area contributed by atoms with Crippen LogP contribution < -0.4 is 10.7 Å². The number of halogens is 1. The van der Waals surface area contributed by atoms with Crippen molar-refractivity contribution >= 4 is 22.6 Å². The molecule has 0 bridgehead atoms. The van der Waals surface area contributed by atoms with Crippen molar-refractivity contribution in [3.8, 4) is 11.5 Å². The van der Waals surface area contributed by atoms with Gasteiger partial charge in [0.2, 0.25) is 0 Å². The molecule has 2 aromatic carbocycles. The molecule has 1 atom stereocenters. The normalized spacial score (nSPS) is 11.7. The summed E-state index contributed by atoms with van der Waals surface area (Å²) in [6, 6.07) is 15.3. The Kier molecular flexibility index (Phi) is 4.90. The first-order valence-corrected chi connectivity index (χ1v) is 9.05. The van der Waals surface area contributed by atoms with E-state index in [4.69, 9.17) is 4.42 Å². The summed E-state index contributed by atoms with van der Waals surface area (Å²) in [4.78, 5) is 28.1. The second kappa shape index (κ2) is 7.68. The van der Waals surface area contributed by atoms with E-state index in [0.29, 0.717) is 16.9 Å². The maximum atomic E-state index is 14.3. The van der Waals surface area contributed by atoms with Crippen molar-refractivity contribution in [3.63, 3.8) is 0 Å². The van der Waals surface area contributed by atoms with E-state index in [1.807, 2.05) is 0 Å². The van der Waals surface area contributed by atoms with Crippen molar-refractivity contribution in [1.82, 2.24) is 4.98 Å². The van der Waals surface area contributed by atoms with Crippen LogP contribution in [0.5, 0.6) is 0 Å². The monoisotopic (exact) mass is 402 g/mol. The number of nitrogens with zero attached hydrogens (tertiary/aromatic N) is 1. The number of nitrogens with one attached hydrogen (secondary N) is 1. The van der Waals surface area contributed by atoms with E-state index >= 15 is 0 Å². The highest BCUT2D eigenvalue weighted by atomic mass is 19.1. The third-order valence-corrected chi connectivity index (χ3v) is 4.64. The largest absolute Gasteiger partial charge is 0.478 e. The van der Waals surface area contributed by atoms with Crippen LogP contribution in [0.1, 0.15) is 28.9 Å². The molecule has 4 rings (SSSR count). The molecule has 0 saturated heterocycles. The molecule has 1 unspecified atom stereocenters. The topological polar surface area (TPSA) is 92.4 Å². The van der Waals surface area contributed by atoms with Crippen LogP contribution in [0.15, 0.2) is 63.8 Å². The van der Waals surface area contributed by atoms with Crippen LogP contribution >= 0.6 is 0 Å². The molecular weight excluding hydrogens is 387 g/mol. The summed E-state index contributed by atoms with van der Waals surface area (Å²) < 4.78 is 20.2. The number of rotatable bonds is 5. The maximum Gasteiger partial charge on any atom is 0.337 e. The number of aromatic nitrogens is 1. The molecule has 0 fully saturated rings. The summed E-state index contributed by atoms with van der Waals surface area (Å²) in [5, 5.41) is 12.5. The fraction of sp³-hybridized carbons (Fsp3) is 0.0870. The zero-order chi connectivity index (χ0) is 21.3. The summed E-state index contributed by atoms with van der Waals surface area (Å²) in [7, 11) is 0. The maximum absolute atomic E-state index is 14.3. The van der Waals surface area contributed by atoms with Gasteiger partial charge in [0.05, 0.1) is 17.0 Å². The van der Waals surface area contributed by atoms with Crippen LogP contribution in [0.25, 0.3) is 22.4 Å². The Bertz CT molecular complexity index is 1300. The van der Waals surface area contributed by atoms with Crippen LogP contribution in [0.3, 0.4) is 0 Å². The third kappa shape index (κ3) is 3.59. The van der Waals surface area contributed by atoms with E-state index in [1.165, 1.54) is 18.2 Å². The number of carbonyl (C=O) groups is 1. The lowest BCUT2D eigenvalue weighted by Crippen LogP contribution is -2.12. The first kappa shape index (κ1) is 19.2. The van der Waals surface area contributed by atoms with E-state index in [1.54, 1.807) is 37.3 Å². The van der Waals surface area contributed by atoms with E-state index < -0.39 is 23.3 Å². The van der Waals surface area contributed by atoms with Gasteiger partial charge < -0.3 is 14.8 Å². The summed E-state index contributed by atoms with van der Waals surface area (Å²) in [6.07, 6.45) is 2.56. The molecule has 30 heavy (non-hydrogen) atoms. The van der Waals surface area contributed by atoms with E-state index in [9.17, 15) is 19.1 Å². The number of carboxylic acids is 1. The van der Waals surface area contributed by atoms with Crippen molar-refractivity contribution in [2.75, 3.05) is 5.32 Å². The summed E-state index contributed by atoms with van der Waals surface area (Å²) in [5.41, 5.74) is 0.979. The molecule has 0 spiro atoms. The highest BCUT2D eigenvalue weighted by Gasteiger charge is 2.19. The first-order valence-electron chi connectivity index (χ1n) is 9.05. The van der Waals surface area contributed by atoms with Gasteiger partial charge in [-0.3, -0.25) is 4.79 Å². The number of para-hydroxylation sites is 1. The Labute approximate surface area is 170 Å². The molecule has 2 N–H and O–H groups in total. The van der Waals surface area contributed by atoms with Crippen molar-refractivity contribution in [3.05, 3.63) is 94.0 Å². The predicted octanol–water partition coefficient (Wildman–Crippen LogP) is 4.47. The first-order chi connectivity index (χ1) is 14.4. The average molecular weight is 402 g/mol. The molecule has 0 aliphatic carbocycles. The molecule has 4 aromatic rings. The van der Waals surface area contributed by atoms with E-state index in [-0.39, 0.29) is 22.3 Å². The smallest absolute Gasteiger partial charge is 0.337 e. The number of benzene rings is 2. The highest BCUT2D eigenvalue weighted by Crippen LogP contribution is 2.30. The van der Waals surface area contributed by atoms with Gasteiger partial charge in [0, 0.05) is 23.5 Å². The van der Waals surface area contributed by atoms with Crippen LogP contribution in [0.2, 0.25) is 0 Å². The second-order valence-corrected chi connectivity index (χ2v) is 6.65. The lowest BCUT2D eigenvalue weighted by molar-refractivity contribution is 0.0698. The zero-order valence-electron chi connectivity index (χ0n) is 15.8. The van der Waals surface area contributed by atoms with Gasteiger partial charge in [-0.15, -0.1) is 0 Å². The summed E-state index contributed by atoms with van der Waals surface area (Å²) >= 11 is 0. The predicted molar refractivity (Wildman–Crippen MR) is 109 cm³/mol. The number of carboxylic acid groups (broad SMARTS) is 1. The van der Waals surface area contributed by atoms with Crippen molar-refractivity contribution in [2.45, 2.75) is 13.0 Å². The van der Waals surface area contributed by atoms with Gasteiger partial charge in [-0.05, 0) is 49.4 Å². The SMILES string of the molecule is CC(Nc1ccccc1C(=O)O)c1cc(F)cc2c(=O)cc(-c3ccc#cn3)oc12. The lowest BCUT2D eigenvalue weighted by Gasteiger charge is -2.18. The van der Waals surface area contributed by atoms with Crippen molar-refractivity contribution in [1.29, 1.82) is 0 Å². The van der Waals surface area contributed by atoms with Crippen molar-refractivity contribution < 1.29 is 18.7 Å². The molecule has 7 heteroatoms. The van der Waals surface area contributed by atoms with Gasteiger partial charge in [0.25, 0.3) is 0 Å². The lowest BCUT2D eigenvalue weighted by atomic mass is 10.0. The quantitative estimate of drug-likeness (QED) is 0.512. The Balaban J connectivity index is 1.85. The van der Waals surface area contributed by atoms with Gasteiger partial charge in [0.1, 0.15) is 17.1 Å². The number of hydrogen-bond donors (Lipinski definition) is 2. The minimum Gasteiger partial charge on any atom is -0.478 e. The molecule has 0 saturated carbocycles. The molecule has 0 amide bonds. The zero-order valence-corrected chi connectivity index (χ0v) is 15.8. The number of aromatic carboxylic acids is 1. The molecule has 2 heterocycles. The minimum absolute atomic E-state index is 0.0764. The van der Waals surface area contributed by atoms with Gasteiger partial charge >= 0.3 is 5.97 Å². The number of anilines is 1. The standard InChI is InChI=1S/C23H15FN2O4/c1-13(26-18-7-3-2-6-15(18)23(28)29)16-10-14(24)11-17-20(27)12-21(30-22(16)17)19-8-4-5-9-25-19/h2-4,6-8,10-13,26H,1H3,(H,28,29). The molecule has 0 radical (unpaired) electrons. The molecule has 6 nitrogen and oxygen atoms in total. The molecule has 148 valence electrons. The van der Waals surface area contributed by atoms with Gasteiger partial charge in [-0.25, -0.2) is 9.18 Å². The van der Waals surface area contributed by atoms with Gasteiger partial charge in [-0.2, -0.15) is 4.98 Å². The van der Waals surface area contributed by atoms with Crippen molar-refractivity contribution in [2.24, 2.45) is 0 Å². The molecule has 0 aliphatic heterocycles. The Morgan fingerprint density at radius 2 is 2.03 bits per heavy atom. The highest BCUT2D eigenvalue weighted by molar-refractivity contribution is 5.94. The second-order valence-electron chi connectivity index (χ2n) is 6.65. The summed E-state index contributed by atoms with van der Waals surface area (Å²) in [6.45, 7) is 1.73. The average Bonchev–Trinajstić information content (AvgIpc) is 2.74. The van der Waals surface area contributed by atoms with Crippen LogP contribution in [0, 0.1) is 18.1 Å². The third-order valence-electron chi connectivity index (χ3n) is 4.64. The minimum atomic E-state index is -1.09. The Morgan fingerprint density at radius 1 is 1.23 bits per heavy atom. The van der Waals surface area contributed by atoms with Crippen LogP contribution in [-0.4, -0.2) is 16.1 Å². The number of fused-ring (bicyclic) bond motifs is 1. The molecule has 2 aromatic heterocycles. The number of hydrogen-bond acceptors (Lipinski definition) is 5. The van der Waals surface area contributed by atoms with E-state index in [2.05, 4.69) is 22.6 Å².